The lowest BCUT2D eigenvalue weighted by atomic mass is 10.1. The summed E-state index contributed by atoms with van der Waals surface area (Å²) >= 11 is 11.5. The first kappa shape index (κ1) is 12.8. The molecular weight excluding hydrogens is 230 g/mol. The van der Waals surface area contributed by atoms with Crippen molar-refractivity contribution in [2.24, 2.45) is 0 Å². The van der Waals surface area contributed by atoms with Crippen LogP contribution in [0.25, 0.3) is 0 Å². The number of benzene rings is 1. The molecule has 0 saturated heterocycles. The molecule has 1 atom stereocenters. The van der Waals surface area contributed by atoms with E-state index in [0.717, 1.165) is 5.56 Å². The molecule has 4 heteroatoms. The van der Waals surface area contributed by atoms with Gasteiger partial charge in [-0.05, 0) is 18.1 Å². The zero-order valence-corrected chi connectivity index (χ0v) is 9.07. The van der Waals surface area contributed by atoms with E-state index in [9.17, 15) is 4.79 Å². The minimum Gasteiger partial charge on any atom is -0.302 e. The summed E-state index contributed by atoms with van der Waals surface area (Å²) in [5.41, 5.74) is 0.909. The summed E-state index contributed by atoms with van der Waals surface area (Å²) in [6.07, 6.45) is 1.20. The van der Waals surface area contributed by atoms with Gasteiger partial charge in [0.25, 0.3) is 0 Å². The summed E-state index contributed by atoms with van der Waals surface area (Å²) in [7, 11) is 0. The van der Waals surface area contributed by atoms with Crippen LogP contribution in [-0.4, -0.2) is 11.7 Å². The van der Waals surface area contributed by atoms with Gasteiger partial charge >= 0.3 is 0 Å². The van der Waals surface area contributed by atoms with Crippen LogP contribution in [0.5, 0.6) is 0 Å². The van der Waals surface area contributed by atoms with Crippen molar-refractivity contribution in [3.05, 3.63) is 34.9 Å². The Morgan fingerprint density at radius 1 is 1.38 bits per heavy atom. The van der Waals surface area contributed by atoms with Crippen molar-refractivity contribution in [3.63, 3.8) is 0 Å². The molecule has 0 saturated carbocycles. The number of rotatable bonds is 3. The molecule has 0 aromatic heterocycles. The van der Waals surface area contributed by atoms with E-state index >= 15 is 0 Å². The van der Waals surface area contributed by atoms with Crippen LogP contribution >= 0.6 is 35.6 Å². The van der Waals surface area contributed by atoms with Gasteiger partial charge in [0.2, 0.25) is 0 Å². The molecule has 0 spiro atoms. The molecule has 0 fully saturated rings. The zero-order valence-electron chi connectivity index (χ0n) is 6.74. The van der Waals surface area contributed by atoms with Crippen molar-refractivity contribution < 1.29 is 4.79 Å². The third kappa shape index (κ3) is 3.99. The number of hydrogen-bond acceptors (Lipinski definition) is 1. The summed E-state index contributed by atoms with van der Waals surface area (Å²) in [6.45, 7) is 0. The average molecular weight is 240 g/mol. The van der Waals surface area contributed by atoms with Crippen LogP contribution in [0.15, 0.2) is 24.3 Å². The molecule has 1 aromatic rings. The lowest BCUT2D eigenvalue weighted by Gasteiger charge is -2.03. The fourth-order valence-corrected chi connectivity index (χ4v) is 1.30. The van der Waals surface area contributed by atoms with E-state index in [1.165, 1.54) is 0 Å². The summed E-state index contributed by atoms with van der Waals surface area (Å²) in [5, 5.41) is 0.176. The maximum absolute atomic E-state index is 10.2. The molecular formula is C9H9Cl3O. The highest BCUT2D eigenvalue weighted by Crippen LogP contribution is 2.17. The van der Waals surface area contributed by atoms with Crippen LogP contribution in [0.4, 0.5) is 0 Å². The Bertz CT molecular complexity index is 275. The van der Waals surface area contributed by atoms with Crippen LogP contribution < -0.4 is 0 Å². The highest BCUT2D eigenvalue weighted by atomic mass is 35.5. The number of halogens is 3. The van der Waals surface area contributed by atoms with E-state index in [2.05, 4.69) is 0 Å². The molecule has 0 radical (unpaired) electrons. The minimum absolute atomic E-state index is 0. The number of hydrogen-bond donors (Lipinski definition) is 0. The number of alkyl halides is 1. The standard InChI is InChI=1S/C9H8Cl2O.ClH/c10-8(6-12)5-7-3-1-2-4-9(7)11;/h1-4,6,8H,5H2;1H. The molecule has 0 amide bonds. The second kappa shape index (κ2) is 6.25. The third-order valence-corrected chi connectivity index (χ3v) is 2.15. The maximum Gasteiger partial charge on any atom is 0.138 e. The molecule has 13 heavy (non-hydrogen) atoms. The van der Waals surface area contributed by atoms with Gasteiger partial charge in [0, 0.05) is 5.02 Å². The van der Waals surface area contributed by atoms with Crippen LogP contribution in [0.2, 0.25) is 5.02 Å². The number of aldehydes is 1. The van der Waals surface area contributed by atoms with Gasteiger partial charge < -0.3 is 4.79 Å². The second-order valence-electron chi connectivity index (χ2n) is 2.45. The normalized spacial score (nSPS) is 11.5. The molecule has 1 aromatic carbocycles. The van der Waals surface area contributed by atoms with E-state index in [0.29, 0.717) is 17.7 Å². The fraction of sp³-hybridized carbons (Fsp3) is 0.222. The van der Waals surface area contributed by atoms with Gasteiger partial charge in [-0.15, -0.1) is 24.0 Å². The number of carbonyl (C=O) groups excluding carboxylic acids is 1. The highest BCUT2D eigenvalue weighted by molar-refractivity contribution is 6.31. The first-order valence-corrected chi connectivity index (χ1v) is 4.38. The summed E-state index contributed by atoms with van der Waals surface area (Å²) in [4.78, 5) is 10.2. The van der Waals surface area contributed by atoms with Crippen molar-refractivity contribution in [1.82, 2.24) is 0 Å². The number of carbonyl (C=O) groups is 1. The molecule has 0 heterocycles. The Hall–Kier alpha value is -0.240. The Labute approximate surface area is 93.4 Å². The topological polar surface area (TPSA) is 17.1 Å². The van der Waals surface area contributed by atoms with Crippen molar-refractivity contribution in [2.75, 3.05) is 0 Å². The van der Waals surface area contributed by atoms with Crippen molar-refractivity contribution in [1.29, 1.82) is 0 Å². The van der Waals surface area contributed by atoms with E-state index < -0.39 is 5.38 Å². The van der Waals surface area contributed by atoms with Crippen LogP contribution in [0.1, 0.15) is 5.56 Å². The fourth-order valence-electron chi connectivity index (χ4n) is 0.922. The molecule has 0 bridgehead atoms. The minimum atomic E-state index is -0.482. The maximum atomic E-state index is 10.2. The Morgan fingerprint density at radius 2 is 2.00 bits per heavy atom. The Balaban J connectivity index is 0.00000144. The van der Waals surface area contributed by atoms with Crippen LogP contribution in [-0.2, 0) is 11.2 Å². The molecule has 0 aliphatic heterocycles. The van der Waals surface area contributed by atoms with Gasteiger partial charge in [0.05, 0.1) is 5.38 Å². The third-order valence-electron chi connectivity index (χ3n) is 1.52. The van der Waals surface area contributed by atoms with Gasteiger partial charge in [0.15, 0.2) is 0 Å². The zero-order chi connectivity index (χ0) is 8.97. The van der Waals surface area contributed by atoms with Crippen LogP contribution in [0, 0.1) is 0 Å². The summed E-state index contributed by atoms with van der Waals surface area (Å²) in [5.74, 6) is 0. The SMILES string of the molecule is Cl.O=CC(Cl)Cc1ccccc1Cl. The smallest absolute Gasteiger partial charge is 0.138 e. The van der Waals surface area contributed by atoms with Gasteiger partial charge in [-0.2, -0.15) is 0 Å². The summed E-state index contributed by atoms with van der Waals surface area (Å²) in [6, 6.07) is 7.36. The van der Waals surface area contributed by atoms with E-state index in [1.807, 2.05) is 18.2 Å². The van der Waals surface area contributed by atoms with E-state index in [4.69, 9.17) is 23.2 Å². The van der Waals surface area contributed by atoms with Gasteiger partial charge in [-0.25, -0.2) is 0 Å². The largest absolute Gasteiger partial charge is 0.302 e. The summed E-state index contributed by atoms with van der Waals surface area (Å²) < 4.78 is 0. The van der Waals surface area contributed by atoms with Crippen molar-refractivity contribution in [3.8, 4) is 0 Å². The van der Waals surface area contributed by atoms with Crippen molar-refractivity contribution in [2.45, 2.75) is 11.8 Å². The van der Waals surface area contributed by atoms with Gasteiger partial charge in [-0.3, -0.25) is 0 Å². The van der Waals surface area contributed by atoms with Gasteiger partial charge in [0.1, 0.15) is 6.29 Å². The molecule has 1 unspecified atom stereocenters. The molecule has 1 rings (SSSR count). The first-order valence-electron chi connectivity index (χ1n) is 3.57. The first-order chi connectivity index (χ1) is 5.74. The van der Waals surface area contributed by atoms with Crippen LogP contribution in [0.3, 0.4) is 0 Å². The van der Waals surface area contributed by atoms with E-state index in [-0.39, 0.29) is 12.4 Å². The molecule has 0 aliphatic rings. The molecule has 0 aliphatic carbocycles. The molecule has 72 valence electrons. The second-order valence-corrected chi connectivity index (χ2v) is 3.42. The lowest BCUT2D eigenvalue weighted by molar-refractivity contribution is -0.107. The lowest BCUT2D eigenvalue weighted by Crippen LogP contribution is -2.04. The Morgan fingerprint density at radius 3 is 2.54 bits per heavy atom. The molecule has 0 N–H and O–H groups in total. The van der Waals surface area contributed by atoms with E-state index in [1.54, 1.807) is 6.07 Å². The predicted octanol–water partition coefficient (Wildman–Crippen LogP) is 3.11. The predicted molar refractivity (Wildman–Crippen MR) is 58.1 cm³/mol. The Kier molecular flexibility index (Phi) is 6.13. The van der Waals surface area contributed by atoms with Gasteiger partial charge in [-0.1, -0.05) is 29.8 Å². The quantitative estimate of drug-likeness (QED) is 0.585. The average Bonchev–Trinajstić information content (AvgIpc) is 2.09. The highest BCUT2D eigenvalue weighted by Gasteiger charge is 2.05. The molecule has 1 nitrogen and oxygen atoms in total. The monoisotopic (exact) mass is 238 g/mol. The van der Waals surface area contributed by atoms with Crippen molar-refractivity contribution >= 4 is 41.9 Å².